The first-order valence-electron chi connectivity index (χ1n) is 5.30. The van der Waals surface area contributed by atoms with Crippen LogP contribution in [0.15, 0.2) is 12.1 Å². The molecule has 1 aromatic rings. The summed E-state index contributed by atoms with van der Waals surface area (Å²) in [5.74, 6) is -0.234. The monoisotopic (exact) mass is 287 g/mol. The molecule has 1 saturated heterocycles. The molecule has 1 aliphatic heterocycles. The smallest absolute Gasteiger partial charge is 0.243 e. The Morgan fingerprint density at radius 3 is 2.67 bits per heavy atom. The maximum Gasteiger partial charge on any atom is 0.243 e. The van der Waals surface area contributed by atoms with Gasteiger partial charge < -0.3 is 9.80 Å². The second-order valence-corrected chi connectivity index (χ2v) is 4.86. The van der Waals surface area contributed by atoms with Crippen LogP contribution in [-0.2, 0) is 16.1 Å². The van der Waals surface area contributed by atoms with E-state index in [-0.39, 0.29) is 31.4 Å². The van der Waals surface area contributed by atoms with Gasteiger partial charge in [-0.3, -0.25) is 9.59 Å². The normalized spacial score (nSPS) is 16.4. The molecule has 0 N–H and O–H groups in total. The molecule has 0 aliphatic carbocycles. The van der Waals surface area contributed by atoms with E-state index in [2.05, 4.69) is 4.98 Å². The Bertz CT molecular complexity index is 507. The van der Waals surface area contributed by atoms with Crippen molar-refractivity contribution in [1.29, 1.82) is 0 Å². The van der Waals surface area contributed by atoms with Crippen LogP contribution in [0.2, 0.25) is 10.2 Å². The largest absolute Gasteiger partial charge is 0.335 e. The first-order valence-corrected chi connectivity index (χ1v) is 6.05. The Morgan fingerprint density at radius 2 is 1.94 bits per heavy atom. The summed E-state index contributed by atoms with van der Waals surface area (Å²) in [6, 6.07) is 3.19. The number of hydrogen-bond donors (Lipinski definition) is 0. The highest BCUT2D eigenvalue weighted by Gasteiger charge is 2.28. The molecule has 2 rings (SSSR count). The number of hydrogen-bond acceptors (Lipinski definition) is 3. The summed E-state index contributed by atoms with van der Waals surface area (Å²) in [6.45, 7) is 0.314. The average Bonchev–Trinajstić information content (AvgIpc) is 2.30. The minimum Gasteiger partial charge on any atom is -0.335 e. The number of amides is 2. The van der Waals surface area contributed by atoms with E-state index in [1.807, 2.05) is 0 Å². The van der Waals surface area contributed by atoms with Crippen molar-refractivity contribution in [3.8, 4) is 0 Å². The molecular formula is C11H11Cl2N3O2. The van der Waals surface area contributed by atoms with Gasteiger partial charge in [0.05, 0.1) is 23.8 Å². The molecule has 1 fully saturated rings. The lowest BCUT2D eigenvalue weighted by molar-refractivity contribution is -0.149. The van der Waals surface area contributed by atoms with Gasteiger partial charge in [-0.1, -0.05) is 23.2 Å². The van der Waals surface area contributed by atoms with Crippen molar-refractivity contribution in [2.24, 2.45) is 0 Å². The van der Waals surface area contributed by atoms with Crippen LogP contribution in [-0.4, -0.2) is 46.7 Å². The van der Waals surface area contributed by atoms with Crippen molar-refractivity contribution in [3.05, 3.63) is 28.0 Å². The second kappa shape index (κ2) is 5.12. The van der Waals surface area contributed by atoms with Gasteiger partial charge in [0, 0.05) is 7.05 Å². The Balaban J connectivity index is 2.16. The van der Waals surface area contributed by atoms with Crippen LogP contribution in [0.1, 0.15) is 5.69 Å². The summed E-state index contributed by atoms with van der Waals surface area (Å²) in [4.78, 5) is 30.2. The number of pyridine rings is 1. The van der Waals surface area contributed by atoms with Gasteiger partial charge in [0.1, 0.15) is 11.7 Å². The van der Waals surface area contributed by atoms with Gasteiger partial charge in [0.25, 0.3) is 0 Å². The number of rotatable bonds is 2. The minimum absolute atomic E-state index is 0.0415. The van der Waals surface area contributed by atoms with Gasteiger partial charge in [-0.25, -0.2) is 4.98 Å². The standard InChI is InChI=1S/C11H11Cl2N3O2/c1-15-5-11(18)16(6-10(15)17)4-8-7(12)2-3-9(13)14-8/h2-3H,4-6H2,1H3. The summed E-state index contributed by atoms with van der Waals surface area (Å²) in [7, 11) is 1.60. The lowest BCUT2D eigenvalue weighted by Gasteiger charge is -2.31. The van der Waals surface area contributed by atoms with Gasteiger partial charge in [0.2, 0.25) is 11.8 Å². The summed E-state index contributed by atoms with van der Waals surface area (Å²) in [6.07, 6.45) is 0. The third-order valence-corrected chi connectivity index (χ3v) is 3.26. The van der Waals surface area contributed by atoms with Crippen molar-refractivity contribution in [2.75, 3.05) is 20.1 Å². The molecule has 0 spiro atoms. The molecule has 2 amide bonds. The van der Waals surface area contributed by atoms with Crippen molar-refractivity contribution < 1.29 is 9.59 Å². The topological polar surface area (TPSA) is 53.5 Å². The van der Waals surface area contributed by atoms with E-state index in [1.165, 1.54) is 9.80 Å². The molecule has 0 aromatic carbocycles. The van der Waals surface area contributed by atoms with Gasteiger partial charge in [-0.05, 0) is 12.1 Å². The fraction of sp³-hybridized carbons (Fsp3) is 0.364. The van der Waals surface area contributed by atoms with Crippen molar-refractivity contribution in [3.63, 3.8) is 0 Å². The predicted molar refractivity (Wildman–Crippen MR) is 67.3 cm³/mol. The van der Waals surface area contributed by atoms with E-state index in [0.717, 1.165) is 0 Å². The number of aromatic nitrogens is 1. The van der Waals surface area contributed by atoms with E-state index >= 15 is 0 Å². The highest BCUT2D eigenvalue weighted by Crippen LogP contribution is 2.19. The zero-order valence-corrected chi connectivity index (χ0v) is 11.2. The summed E-state index contributed by atoms with van der Waals surface area (Å²) in [5, 5.41) is 0.737. The van der Waals surface area contributed by atoms with E-state index < -0.39 is 0 Å². The molecule has 5 nitrogen and oxygen atoms in total. The first-order chi connectivity index (χ1) is 8.47. The van der Waals surface area contributed by atoms with E-state index in [0.29, 0.717) is 15.9 Å². The van der Waals surface area contributed by atoms with Crippen LogP contribution in [0, 0.1) is 0 Å². The molecule has 0 radical (unpaired) electrons. The van der Waals surface area contributed by atoms with Crippen molar-refractivity contribution in [2.45, 2.75) is 6.54 Å². The molecule has 2 heterocycles. The Kier molecular flexibility index (Phi) is 3.73. The van der Waals surface area contributed by atoms with Gasteiger partial charge in [-0.15, -0.1) is 0 Å². The molecule has 1 aliphatic rings. The molecule has 0 unspecified atom stereocenters. The molecule has 0 atom stereocenters. The Morgan fingerprint density at radius 1 is 1.22 bits per heavy atom. The number of halogens is 2. The maximum absolute atomic E-state index is 11.8. The lowest BCUT2D eigenvalue weighted by atomic mass is 10.2. The summed E-state index contributed by atoms with van der Waals surface area (Å²) in [5.41, 5.74) is 0.495. The third kappa shape index (κ3) is 2.73. The van der Waals surface area contributed by atoms with Gasteiger partial charge in [0.15, 0.2) is 0 Å². The maximum atomic E-state index is 11.8. The van der Waals surface area contributed by atoms with Crippen molar-refractivity contribution in [1.82, 2.24) is 14.8 Å². The Labute approximate surface area is 114 Å². The predicted octanol–water partition coefficient (Wildman–Crippen LogP) is 1.19. The van der Waals surface area contributed by atoms with Crippen LogP contribution in [0.3, 0.4) is 0 Å². The molecule has 18 heavy (non-hydrogen) atoms. The minimum atomic E-state index is -0.130. The van der Waals surface area contributed by atoms with Gasteiger partial charge >= 0.3 is 0 Å². The van der Waals surface area contributed by atoms with Crippen LogP contribution in [0.5, 0.6) is 0 Å². The molecule has 0 saturated carbocycles. The van der Waals surface area contributed by atoms with E-state index in [4.69, 9.17) is 23.2 Å². The van der Waals surface area contributed by atoms with E-state index in [9.17, 15) is 9.59 Å². The fourth-order valence-electron chi connectivity index (χ4n) is 1.66. The van der Waals surface area contributed by atoms with E-state index in [1.54, 1.807) is 19.2 Å². The van der Waals surface area contributed by atoms with Crippen LogP contribution >= 0.6 is 23.2 Å². The van der Waals surface area contributed by atoms with Crippen LogP contribution in [0.25, 0.3) is 0 Å². The SMILES string of the molecule is CN1CC(=O)N(Cc2nc(Cl)ccc2Cl)CC1=O. The van der Waals surface area contributed by atoms with Crippen LogP contribution < -0.4 is 0 Å². The summed E-state index contributed by atoms with van der Waals surface area (Å²) < 4.78 is 0. The Hall–Kier alpha value is -1.33. The highest BCUT2D eigenvalue weighted by molar-refractivity contribution is 6.32. The number of nitrogens with zero attached hydrogens (tertiary/aromatic N) is 3. The zero-order chi connectivity index (χ0) is 13.3. The zero-order valence-electron chi connectivity index (χ0n) is 9.69. The van der Waals surface area contributed by atoms with Crippen LogP contribution in [0.4, 0.5) is 0 Å². The molecule has 7 heteroatoms. The fourth-order valence-corrected chi connectivity index (χ4v) is 1.99. The second-order valence-electron chi connectivity index (χ2n) is 4.06. The highest BCUT2D eigenvalue weighted by atomic mass is 35.5. The molecule has 1 aromatic heterocycles. The van der Waals surface area contributed by atoms with Crippen molar-refractivity contribution >= 4 is 35.0 Å². The molecule has 96 valence electrons. The average molecular weight is 288 g/mol. The summed E-state index contributed by atoms with van der Waals surface area (Å²) >= 11 is 11.7. The lowest BCUT2D eigenvalue weighted by Crippen LogP contribution is -2.51. The first kappa shape index (κ1) is 13.1. The number of piperazine rings is 1. The van der Waals surface area contributed by atoms with Gasteiger partial charge in [-0.2, -0.15) is 0 Å². The third-order valence-electron chi connectivity index (χ3n) is 2.70. The number of carbonyl (C=O) groups excluding carboxylic acids is 2. The molecule has 0 bridgehead atoms. The number of likely N-dealkylation sites (N-methyl/N-ethyl adjacent to an activating group) is 1. The quantitative estimate of drug-likeness (QED) is 0.768. The molecular weight excluding hydrogens is 277 g/mol. The number of carbonyl (C=O) groups is 2.